The van der Waals surface area contributed by atoms with E-state index in [1.54, 1.807) is 0 Å². The van der Waals surface area contributed by atoms with Crippen LogP contribution in [-0.4, -0.2) is 32.6 Å². The van der Waals surface area contributed by atoms with Gasteiger partial charge in [-0.15, -0.1) is 0 Å². The molecule has 1 aliphatic heterocycles. The molecule has 0 radical (unpaired) electrons. The zero-order chi connectivity index (χ0) is 18.2. The van der Waals surface area contributed by atoms with Gasteiger partial charge in [0.15, 0.2) is 14.1 Å². The Morgan fingerprint density at radius 3 is 2.25 bits per heavy atom. The van der Waals surface area contributed by atoms with Crippen molar-refractivity contribution in [2.75, 3.05) is 0 Å². The molecule has 5 heteroatoms. The maximum Gasteiger partial charge on any atom is 0.193 e. The van der Waals surface area contributed by atoms with Crippen molar-refractivity contribution >= 4 is 14.6 Å². The third-order valence-electron chi connectivity index (χ3n) is 4.95. The van der Waals surface area contributed by atoms with Gasteiger partial charge in [0.2, 0.25) is 0 Å². The molecule has 4 nitrogen and oxygen atoms in total. The van der Waals surface area contributed by atoms with E-state index in [0.717, 1.165) is 11.8 Å². The first-order valence-corrected chi connectivity index (χ1v) is 11.4. The lowest BCUT2D eigenvalue weighted by Crippen LogP contribution is -2.48. The highest BCUT2D eigenvalue weighted by Gasteiger charge is 2.49. The molecular weight excluding hydrogens is 320 g/mol. The monoisotopic (exact) mass is 350 g/mol. The predicted molar refractivity (Wildman–Crippen MR) is 97.4 cm³/mol. The molecule has 3 atom stereocenters. The van der Waals surface area contributed by atoms with Crippen LogP contribution >= 0.6 is 0 Å². The lowest BCUT2D eigenvalue weighted by molar-refractivity contribution is -0.155. The summed E-state index contributed by atoms with van der Waals surface area (Å²) in [4.78, 5) is 11.8. The SMILES string of the molecule is CC1(C)O[C@@H]([C@@H](C=O)O[Si](C)(C)C(C)(C)C)[C@H](c2ccccc2)O1. The van der Waals surface area contributed by atoms with E-state index in [9.17, 15) is 4.79 Å². The number of carbonyl (C=O) groups is 1. The van der Waals surface area contributed by atoms with Crippen LogP contribution < -0.4 is 0 Å². The average molecular weight is 351 g/mol. The minimum Gasteiger partial charge on any atom is -0.404 e. The van der Waals surface area contributed by atoms with Crippen molar-refractivity contribution in [3.8, 4) is 0 Å². The second-order valence-electron chi connectivity index (χ2n) is 8.41. The fourth-order valence-corrected chi connectivity index (χ4v) is 3.84. The predicted octanol–water partition coefficient (Wildman–Crippen LogP) is 4.47. The van der Waals surface area contributed by atoms with Crippen LogP contribution in [0.1, 0.15) is 46.3 Å². The van der Waals surface area contributed by atoms with Gasteiger partial charge in [-0.25, -0.2) is 0 Å². The summed E-state index contributed by atoms with van der Waals surface area (Å²) >= 11 is 0. The molecular formula is C19H30O4Si. The number of ether oxygens (including phenoxy) is 2. The molecule has 0 spiro atoms. The zero-order valence-electron chi connectivity index (χ0n) is 15.8. The number of aldehydes is 1. The largest absolute Gasteiger partial charge is 0.404 e. The summed E-state index contributed by atoms with van der Waals surface area (Å²) in [5.41, 5.74) is 0.999. The van der Waals surface area contributed by atoms with Crippen LogP contribution in [0.2, 0.25) is 18.1 Å². The van der Waals surface area contributed by atoms with E-state index in [-0.39, 0.29) is 11.1 Å². The molecule has 1 fully saturated rings. The molecule has 1 aromatic rings. The summed E-state index contributed by atoms with van der Waals surface area (Å²) in [7, 11) is -2.10. The molecule has 1 aromatic carbocycles. The summed E-state index contributed by atoms with van der Waals surface area (Å²) < 4.78 is 18.5. The van der Waals surface area contributed by atoms with Gasteiger partial charge in [0.1, 0.15) is 24.6 Å². The highest BCUT2D eigenvalue weighted by Crippen LogP contribution is 2.43. The third-order valence-corrected chi connectivity index (χ3v) is 9.43. The summed E-state index contributed by atoms with van der Waals surface area (Å²) in [6, 6.07) is 9.88. The van der Waals surface area contributed by atoms with Crippen LogP contribution in [0.5, 0.6) is 0 Å². The van der Waals surface area contributed by atoms with E-state index >= 15 is 0 Å². The van der Waals surface area contributed by atoms with Crippen molar-refractivity contribution in [1.29, 1.82) is 0 Å². The minimum absolute atomic E-state index is 0.0193. The summed E-state index contributed by atoms with van der Waals surface area (Å²) in [5.74, 6) is -0.747. The third kappa shape index (κ3) is 4.14. The molecule has 0 amide bonds. The molecule has 24 heavy (non-hydrogen) atoms. The minimum atomic E-state index is -2.10. The maximum absolute atomic E-state index is 11.8. The Labute approximate surface area is 146 Å². The fraction of sp³-hybridized carbons (Fsp3) is 0.632. The van der Waals surface area contributed by atoms with Crippen LogP contribution in [0.4, 0.5) is 0 Å². The highest BCUT2D eigenvalue weighted by molar-refractivity contribution is 6.74. The molecule has 2 rings (SSSR count). The Morgan fingerprint density at radius 1 is 1.17 bits per heavy atom. The van der Waals surface area contributed by atoms with E-state index in [0.29, 0.717) is 0 Å². The van der Waals surface area contributed by atoms with Gasteiger partial charge in [0, 0.05) is 0 Å². The Morgan fingerprint density at radius 2 is 1.75 bits per heavy atom. The van der Waals surface area contributed by atoms with Crippen molar-refractivity contribution in [2.24, 2.45) is 0 Å². The van der Waals surface area contributed by atoms with Gasteiger partial charge in [-0.05, 0) is 37.5 Å². The quantitative estimate of drug-likeness (QED) is 0.580. The van der Waals surface area contributed by atoms with E-state index in [1.165, 1.54) is 0 Å². The van der Waals surface area contributed by atoms with Crippen molar-refractivity contribution < 1.29 is 18.7 Å². The first-order chi connectivity index (χ1) is 11.0. The molecule has 134 valence electrons. The Balaban J connectivity index is 2.29. The summed E-state index contributed by atoms with van der Waals surface area (Å²) in [6.45, 7) is 14.5. The van der Waals surface area contributed by atoms with E-state index in [2.05, 4.69) is 33.9 Å². The van der Waals surface area contributed by atoms with Crippen LogP contribution in [-0.2, 0) is 18.7 Å². The molecule has 1 saturated heterocycles. The van der Waals surface area contributed by atoms with Gasteiger partial charge in [-0.2, -0.15) is 0 Å². The Hall–Kier alpha value is -1.01. The summed E-state index contributed by atoms with van der Waals surface area (Å²) in [5, 5.41) is 0.0193. The first kappa shape index (κ1) is 19.3. The zero-order valence-corrected chi connectivity index (χ0v) is 16.8. The lowest BCUT2D eigenvalue weighted by Gasteiger charge is -2.39. The molecule has 0 N–H and O–H groups in total. The van der Waals surface area contributed by atoms with Crippen LogP contribution in [0.25, 0.3) is 0 Å². The van der Waals surface area contributed by atoms with Gasteiger partial charge in [-0.1, -0.05) is 51.1 Å². The molecule has 0 aromatic heterocycles. The Bertz CT molecular complexity index is 562. The first-order valence-electron chi connectivity index (χ1n) is 8.50. The van der Waals surface area contributed by atoms with Gasteiger partial charge in [0.25, 0.3) is 0 Å². The van der Waals surface area contributed by atoms with E-state index in [1.807, 2.05) is 44.2 Å². The highest BCUT2D eigenvalue weighted by atomic mass is 28.4. The molecule has 1 aliphatic rings. The number of benzene rings is 1. The molecule has 0 saturated carbocycles. The van der Waals surface area contributed by atoms with Gasteiger partial charge in [-0.3, -0.25) is 0 Å². The number of hydrogen-bond donors (Lipinski definition) is 0. The lowest BCUT2D eigenvalue weighted by atomic mass is 10.0. The second-order valence-corrected chi connectivity index (χ2v) is 13.2. The fourth-order valence-electron chi connectivity index (χ4n) is 2.62. The number of rotatable bonds is 5. The van der Waals surface area contributed by atoms with Gasteiger partial charge >= 0.3 is 0 Å². The second kappa shape index (κ2) is 6.71. The maximum atomic E-state index is 11.8. The standard InChI is InChI=1S/C19H30O4Si/c1-18(2,3)24(6,7)23-15(13-20)17-16(21-19(4,5)22-17)14-11-9-8-10-12-14/h8-13,15-17H,1-7H3/t15-,16+,17+/m1/s1. The van der Waals surface area contributed by atoms with Crippen molar-refractivity contribution in [3.05, 3.63) is 35.9 Å². The van der Waals surface area contributed by atoms with Gasteiger partial charge in [0.05, 0.1) is 0 Å². The van der Waals surface area contributed by atoms with E-state index < -0.39 is 26.3 Å². The molecule has 1 heterocycles. The van der Waals surface area contributed by atoms with Crippen molar-refractivity contribution in [1.82, 2.24) is 0 Å². The van der Waals surface area contributed by atoms with Gasteiger partial charge < -0.3 is 18.7 Å². The molecule has 0 bridgehead atoms. The summed E-state index contributed by atoms with van der Waals surface area (Å²) in [6.07, 6.45) is -0.542. The van der Waals surface area contributed by atoms with Crippen LogP contribution in [0, 0.1) is 0 Å². The van der Waals surface area contributed by atoms with Crippen molar-refractivity contribution in [3.63, 3.8) is 0 Å². The molecule has 0 aliphatic carbocycles. The normalized spacial score (nSPS) is 25.5. The van der Waals surface area contributed by atoms with E-state index in [4.69, 9.17) is 13.9 Å². The Kier molecular flexibility index (Phi) is 5.40. The molecule has 0 unspecified atom stereocenters. The number of carbonyl (C=O) groups excluding carboxylic acids is 1. The van der Waals surface area contributed by atoms with Crippen molar-refractivity contribution in [2.45, 2.75) is 76.8 Å². The smallest absolute Gasteiger partial charge is 0.193 e. The average Bonchev–Trinajstić information content (AvgIpc) is 2.80. The number of hydrogen-bond acceptors (Lipinski definition) is 4. The van der Waals surface area contributed by atoms with Crippen LogP contribution in [0.3, 0.4) is 0 Å². The van der Waals surface area contributed by atoms with Crippen LogP contribution in [0.15, 0.2) is 30.3 Å². The topological polar surface area (TPSA) is 44.8 Å².